The Morgan fingerprint density at radius 3 is 2.54 bits per heavy atom. The first-order valence-electron chi connectivity index (χ1n) is 9.42. The first-order valence-corrected chi connectivity index (χ1v) is 9.42. The summed E-state index contributed by atoms with van der Waals surface area (Å²) in [6.07, 6.45) is 4.85. The summed E-state index contributed by atoms with van der Waals surface area (Å²) in [6, 6.07) is 9.81. The molecule has 0 bridgehead atoms. The molecule has 1 fully saturated rings. The summed E-state index contributed by atoms with van der Waals surface area (Å²) in [5, 5.41) is 15.7. The molecule has 1 unspecified atom stereocenters. The number of nitrogens with one attached hydrogen (secondary N) is 1. The van der Waals surface area contributed by atoms with Crippen molar-refractivity contribution in [3.63, 3.8) is 0 Å². The monoisotopic (exact) mass is 377 g/mol. The molecule has 1 saturated heterocycles. The summed E-state index contributed by atoms with van der Waals surface area (Å²) in [4.78, 5) is 18.9. The van der Waals surface area contributed by atoms with Gasteiger partial charge < -0.3 is 10.2 Å². The van der Waals surface area contributed by atoms with E-state index in [-0.39, 0.29) is 11.8 Å². The van der Waals surface area contributed by atoms with Gasteiger partial charge in [0.1, 0.15) is 12.7 Å². The fourth-order valence-corrected chi connectivity index (χ4v) is 3.57. The molecule has 28 heavy (non-hydrogen) atoms. The molecule has 1 atom stereocenters. The number of carbonyl (C=O) groups is 1. The number of aromatic nitrogens is 5. The van der Waals surface area contributed by atoms with Crippen molar-refractivity contribution in [3.05, 3.63) is 54.1 Å². The fraction of sp³-hybridized carbons (Fsp3) is 0.350. The van der Waals surface area contributed by atoms with Crippen molar-refractivity contribution in [3.8, 4) is 5.82 Å². The summed E-state index contributed by atoms with van der Waals surface area (Å²) >= 11 is 0. The molecular weight excluding hydrogens is 354 g/mol. The summed E-state index contributed by atoms with van der Waals surface area (Å²) < 4.78 is 1.56. The first kappa shape index (κ1) is 18.1. The minimum atomic E-state index is -0.0791. The Morgan fingerprint density at radius 1 is 1.11 bits per heavy atom. The van der Waals surface area contributed by atoms with Crippen LogP contribution < -0.4 is 10.2 Å². The van der Waals surface area contributed by atoms with Gasteiger partial charge in [0.25, 0.3) is 0 Å². The minimum Gasteiger partial charge on any atom is -0.354 e. The van der Waals surface area contributed by atoms with Crippen LogP contribution >= 0.6 is 0 Å². The van der Waals surface area contributed by atoms with Gasteiger partial charge in [-0.25, -0.2) is 9.67 Å². The van der Waals surface area contributed by atoms with Gasteiger partial charge in [0.05, 0.1) is 5.92 Å². The van der Waals surface area contributed by atoms with Crippen LogP contribution in [0.25, 0.3) is 5.82 Å². The van der Waals surface area contributed by atoms with Gasteiger partial charge in [-0.15, -0.1) is 10.2 Å². The van der Waals surface area contributed by atoms with Gasteiger partial charge in [-0.3, -0.25) is 4.79 Å². The maximum atomic E-state index is 12.9. The molecule has 0 spiro atoms. The molecule has 3 aromatic rings. The number of hydrogen-bond acceptors (Lipinski definition) is 6. The number of para-hydroxylation sites is 1. The average Bonchev–Trinajstić information content (AvgIpc) is 3.26. The topological polar surface area (TPSA) is 88.8 Å². The number of piperidine rings is 1. The number of amides is 1. The molecule has 1 amide bonds. The predicted octanol–water partition coefficient (Wildman–Crippen LogP) is 2.53. The normalized spacial score (nSPS) is 16.8. The van der Waals surface area contributed by atoms with Crippen LogP contribution in [0.4, 0.5) is 11.5 Å². The highest BCUT2D eigenvalue weighted by molar-refractivity contribution is 5.94. The Labute approximate surface area is 163 Å². The third-order valence-corrected chi connectivity index (χ3v) is 5.14. The van der Waals surface area contributed by atoms with Crippen LogP contribution in [0.15, 0.2) is 43.0 Å². The second-order valence-electron chi connectivity index (χ2n) is 7.13. The van der Waals surface area contributed by atoms with Crippen molar-refractivity contribution in [2.75, 3.05) is 23.3 Å². The molecule has 1 aliphatic rings. The molecule has 8 nitrogen and oxygen atoms in total. The molecule has 144 valence electrons. The summed E-state index contributed by atoms with van der Waals surface area (Å²) in [7, 11) is 0. The molecule has 8 heteroatoms. The maximum absolute atomic E-state index is 12.9. The quantitative estimate of drug-likeness (QED) is 0.752. The van der Waals surface area contributed by atoms with Gasteiger partial charge >= 0.3 is 0 Å². The number of anilines is 2. The average molecular weight is 377 g/mol. The lowest BCUT2D eigenvalue weighted by Gasteiger charge is -2.32. The molecule has 1 aromatic carbocycles. The van der Waals surface area contributed by atoms with Crippen LogP contribution in [0.5, 0.6) is 0 Å². The number of carbonyl (C=O) groups excluding carboxylic acids is 1. The van der Waals surface area contributed by atoms with E-state index >= 15 is 0 Å². The Kier molecular flexibility index (Phi) is 5.01. The van der Waals surface area contributed by atoms with E-state index in [0.29, 0.717) is 12.4 Å². The largest absolute Gasteiger partial charge is 0.354 e. The molecular formula is C20H23N7O. The maximum Gasteiger partial charge on any atom is 0.229 e. The summed E-state index contributed by atoms with van der Waals surface area (Å²) in [6.45, 7) is 5.53. The lowest BCUT2D eigenvalue weighted by molar-refractivity contribution is -0.120. The molecule has 1 N–H and O–H groups in total. The van der Waals surface area contributed by atoms with E-state index in [9.17, 15) is 4.79 Å². The van der Waals surface area contributed by atoms with Crippen molar-refractivity contribution >= 4 is 17.4 Å². The zero-order chi connectivity index (χ0) is 19.5. The van der Waals surface area contributed by atoms with E-state index in [1.165, 1.54) is 6.33 Å². The Morgan fingerprint density at radius 2 is 1.86 bits per heavy atom. The molecule has 1 aliphatic heterocycles. The number of rotatable bonds is 4. The second kappa shape index (κ2) is 7.75. The molecule has 0 saturated carbocycles. The van der Waals surface area contributed by atoms with Gasteiger partial charge in [-0.05, 0) is 49.9 Å². The standard InChI is InChI=1S/C20H23N7O/c1-14-5-3-6-15(2)19(14)23-20(28)16-7-4-10-26(11-16)17-8-9-18(25-24-17)27-13-21-12-22-27/h3,5-6,8-9,12-13,16H,4,7,10-11H2,1-2H3,(H,23,28). The van der Waals surface area contributed by atoms with Gasteiger partial charge in [-0.1, -0.05) is 18.2 Å². The van der Waals surface area contributed by atoms with E-state index < -0.39 is 0 Å². The van der Waals surface area contributed by atoms with Crippen LogP contribution in [-0.2, 0) is 4.79 Å². The predicted molar refractivity (Wildman–Crippen MR) is 106 cm³/mol. The van der Waals surface area contributed by atoms with Crippen molar-refractivity contribution in [1.29, 1.82) is 0 Å². The van der Waals surface area contributed by atoms with E-state index in [1.54, 1.807) is 11.0 Å². The lowest BCUT2D eigenvalue weighted by atomic mass is 9.96. The molecule has 2 aromatic heterocycles. The molecule has 3 heterocycles. The zero-order valence-electron chi connectivity index (χ0n) is 16.0. The van der Waals surface area contributed by atoms with Crippen LogP contribution in [0.3, 0.4) is 0 Å². The van der Waals surface area contributed by atoms with E-state index in [2.05, 4.69) is 30.5 Å². The smallest absolute Gasteiger partial charge is 0.229 e. The van der Waals surface area contributed by atoms with Crippen LogP contribution in [-0.4, -0.2) is 44.0 Å². The van der Waals surface area contributed by atoms with Gasteiger partial charge in [0.15, 0.2) is 11.6 Å². The van der Waals surface area contributed by atoms with Crippen LogP contribution in [0, 0.1) is 19.8 Å². The second-order valence-corrected chi connectivity index (χ2v) is 7.13. The SMILES string of the molecule is Cc1cccc(C)c1NC(=O)C1CCCN(c2ccc(-n3cncn3)nn2)C1. The minimum absolute atomic E-state index is 0.0642. The van der Waals surface area contributed by atoms with Gasteiger partial charge in [0.2, 0.25) is 5.91 Å². The third kappa shape index (κ3) is 3.71. The number of nitrogens with zero attached hydrogens (tertiary/aromatic N) is 6. The number of aryl methyl sites for hydroxylation is 2. The summed E-state index contributed by atoms with van der Waals surface area (Å²) in [5.74, 6) is 1.37. The van der Waals surface area contributed by atoms with Gasteiger partial charge in [-0.2, -0.15) is 5.10 Å². The van der Waals surface area contributed by atoms with Crippen LogP contribution in [0.1, 0.15) is 24.0 Å². The van der Waals surface area contributed by atoms with Crippen LogP contribution in [0.2, 0.25) is 0 Å². The van der Waals surface area contributed by atoms with Crippen molar-refractivity contribution in [2.24, 2.45) is 5.92 Å². The Hall–Kier alpha value is -3.29. The van der Waals surface area contributed by atoms with Gasteiger partial charge in [0, 0.05) is 18.8 Å². The Bertz CT molecular complexity index is 933. The number of hydrogen-bond donors (Lipinski definition) is 1. The van der Waals surface area contributed by atoms with E-state index in [1.807, 2.05) is 44.2 Å². The van der Waals surface area contributed by atoms with Crippen molar-refractivity contribution in [2.45, 2.75) is 26.7 Å². The molecule has 4 rings (SSSR count). The molecule has 0 radical (unpaired) electrons. The van der Waals surface area contributed by atoms with E-state index in [4.69, 9.17) is 0 Å². The fourth-order valence-electron chi connectivity index (χ4n) is 3.57. The third-order valence-electron chi connectivity index (χ3n) is 5.14. The Balaban J connectivity index is 1.44. The highest BCUT2D eigenvalue weighted by Gasteiger charge is 2.27. The summed E-state index contributed by atoms with van der Waals surface area (Å²) in [5.41, 5.74) is 3.08. The molecule has 0 aliphatic carbocycles. The highest BCUT2D eigenvalue weighted by atomic mass is 16.1. The highest BCUT2D eigenvalue weighted by Crippen LogP contribution is 2.25. The first-order chi connectivity index (χ1) is 13.6. The van der Waals surface area contributed by atoms with E-state index in [0.717, 1.165) is 42.0 Å². The lowest BCUT2D eigenvalue weighted by Crippen LogP contribution is -2.41. The zero-order valence-corrected chi connectivity index (χ0v) is 16.0. The van der Waals surface area contributed by atoms with Crippen molar-refractivity contribution in [1.82, 2.24) is 25.0 Å². The van der Waals surface area contributed by atoms with Crippen molar-refractivity contribution < 1.29 is 4.79 Å². The number of benzene rings is 1.